The molecular weight excluding hydrogens is 388 g/mol. The van der Waals surface area contributed by atoms with Gasteiger partial charge in [-0.2, -0.15) is 0 Å². The van der Waals surface area contributed by atoms with Crippen molar-refractivity contribution in [2.75, 3.05) is 19.8 Å². The van der Waals surface area contributed by atoms with Gasteiger partial charge in [0.1, 0.15) is 24.2 Å². The summed E-state index contributed by atoms with van der Waals surface area (Å²) in [5.41, 5.74) is 1.82. The maximum atomic E-state index is 10.3. The average molecular weight is 429 g/mol. The largest absolute Gasteiger partial charge is 0.508 e. The molecule has 0 saturated carbocycles. The Bertz CT molecular complexity index is 742. The number of phenols is 1. The first kappa shape index (κ1) is 25.2. The van der Waals surface area contributed by atoms with Crippen LogP contribution in [0.1, 0.15) is 76.8 Å². The first-order valence-corrected chi connectivity index (χ1v) is 11.7. The van der Waals surface area contributed by atoms with Crippen molar-refractivity contribution in [3.8, 4) is 11.5 Å². The minimum atomic E-state index is -0.709. The summed E-state index contributed by atoms with van der Waals surface area (Å²) in [6.07, 6.45) is 7.98. The summed E-state index contributed by atoms with van der Waals surface area (Å²) in [6.45, 7) is 7.54. The highest BCUT2D eigenvalue weighted by Crippen LogP contribution is 2.38. The third-order valence-corrected chi connectivity index (χ3v) is 5.77. The molecule has 0 amide bonds. The fourth-order valence-corrected chi connectivity index (χ4v) is 3.77. The molecule has 0 spiro atoms. The summed E-state index contributed by atoms with van der Waals surface area (Å²) >= 11 is 0. The van der Waals surface area contributed by atoms with E-state index in [2.05, 4.69) is 32.9 Å². The normalized spacial score (nSPS) is 12.6. The number of aliphatic hydroxyl groups excluding tert-OH is 1. The van der Waals surface area contributed by atoms with E-state index in [1.54, 1.807) is 12.1 Å². The van der Waals surface area contributed by atoms with Crippen LogP contribution in [0.2, 0.25) is 0 Å². The summed E-state index contributed by atoms with van der Waals surface area (Å²) in [7, 11) is 0. The van der Waals surface area contributed by atoms with Crippen LogP contribution in [0.3, 0.4) is 0 Å². The van der Waals surface area contributed by atoms with E-state index in [0.29, 0.717) is 12.4 Å². The highest BCUT2D eigenvalue weighted by Gasteiger charge is 2.27. The summed E-state index contributed by atoms with van der Waals surface area (Å²) < 4.78 is 11.6. The van der Waals surface area contributed by atoms with E-state index in [0.717, 1.165) is 17.5 Å². The van der Waals surface area contributed by atoms with Gasteiger partial charge in [-0.05, 0) is 18.1 Å². The van der Waals surface area contributed by atoms with Crippen LogP contribution in [0, 0.1) is 0 Å². The molecule has 0 aliphatic heterocycles. The molecule has 0 saturated heterocycles. The van der Waals surface area contributed by atoms with E-state index >= 15 is 0 Å². The number of aromatic hydroxyl groups is 1. The topological polar surface area (TPSA) is 58.9 Å². The molecule has 0 heterocycles. The lowest BCUT2D eigenvalue weighted by atomic mass is 9.77. The van der Waals surface area contributed by atoms with Crippen LogP contribution in [-0.2, 0) is 10.2 Å². The summed E-state index contributed by atoms with van der Waals surface area (Å²) in [5, 5.41) is 20.2. The Morgan fingerprint density at radius 2 is 1.55 bits per heavy atom. The van der Waals surface area contributed by atoms with Gasteiger partial charge in [0.05, 0.1) is 6.61 Å². The van der Waals surface area contributed by atoms with Crippen molar-refractivity contribution in [1.29, 1.82) is 0 Å². The Kier molecular flexibility index (Phi) is 10.9. The van der Waals surface area contributed by atoms with Gasteiger partial charge < -0.3 is 19.7 Å². The number of hydrogen-bond acceptors (Lipinski definition) is 4. The van der Waals surface area contributed by atoms with Crippen LogP contribution in [-0.4, -0.2) is 36.1 Å². The van der Waals surface area contributed by atoms with Gasteiger partial charge >= 0.3 is 0 Å². The van der Waals surface area contributed by atoms with E-state index in [1.807, 2.05) is 24.3 Å². The maximum Gasteiger partial charge on any atom is 0.127 e. The molecule has 2 rings (SSSR count). The Morgan fingerprint density at radius 3 is 2.26 bits per heavy atom. The Morgan fingerprint density at radius 1 is 0.871 bits per heavy atom. The molecule has 2 aromatic rings. The number of ether oxygens (including phenoxy) is 2. The lowest BCUT2D eigenvalue weighted by molar-refractivity contribution is 0.0106. The van der Waals surface area contributed by atoms with Gasteiger partial charge in [-0.25, -0.2) is 0 Å². The quantitative estimate of drug-likeness (QED) is 0.330. The zero-order valence-corrected chi connectivity index (χ0v) is 19.5. The molecule has 0 aliphatic carbocycles. The van der Waals surface area contributed by atoms with Crippen LogP contribution >= 0.6 is 0 Å². The molecule has 1 atom stereocenters. The Labute approximate surface area is 188 Å². The number of aliphatic hydroxyl groups is 1. The molecule has 172 valence electrons. The SMILES string of the molecule is CCCCCCCCCOCC(O)COc1cc(O)ccc1C(C)(C)c1ccccc1. The minimum Gasteiger partial charge on any atom is -0.508 e. The van der Waals surface area contributed by atoms with Crippen molar-refractivity contribution in [2.45, 2.75) is 77.2 Å². The zero-order valence-electron chi connectivity index (χ0n) is 19.5. The number of benzene rings is 2. The standard InChI is InChI=1S/C27H40O4/c1-4-5-6-7-8-9-13-18-30-20-24(29)21-31-26-19-23(28)16-17-25(26)27(2,3)22-14-11-10-12-15-22/h10-12,14-17,19,24,28-29H,4-9,13,18,20-21H2,1-3H3. The second-order valence-electron chi connectivity index (χ2n) is 8.83. The van der Waals surface area contributed by atoms with Crippen LogP contribution in [0.5, 0.6) is 11.5 Å². The molecule has 1 unspecified atom stereocenters. The third kappa shape index (κ3) is 8.54. The van der Waals surface area contributed by atoms with Crippen LogP contribution in [0.4, 0.5) is 0 Å². The van der Waals surface area contributed by atoms with Crippen molar-refractivity contribution in [2.24, 2.45) is 0 Å². The van der Waals surface area contributed by atoms with E-state index in [1.165, 1.54) is 38.5 Å². The van der Waals surface area contributed by atoms with Crippen molar-refractivity contribution in [3.63, 3.8) is 0 Å². The van der Waals surface area contributed by atoms with Crippen molar-refractivity contribution in [3.05, 3.63) is 59.7 Å². The van der Waals surface area contributed by atoms with Gasteiger partial charge in [0.15, 0.2) is 0 Å². The summed E-state index contributed by atoms with van der Waals surface area (Å²) in [4.78, 5) is 0. The monoisotopic (exact) mass is 428 g/mol. The second kappa shape index (κ2) is 13.4. The van der Waals surface area contributed by atoms with E-state index in [4.69, 9.17) is 9.47 Å². The number of rotatable bonds is 15. The summed E-state index contributed by atoms with van der Waals surface area (Å²) in [6, 6.07) is 15.4. The molecule has 0 bridgehead atoms. The zero-order chi connectivity index (χ0) is 22.5. The molecule has 0 radical (unpaired) electrons. The van der Waals surface area contributed by atoms with E-state index < -0.39 is 6.10 Å². The lowest BCUT2D eigenvalue weighted by Crippen LogP contribution is -2.25. The molecule has 0 aliphatic rings. The van der Waals surface area contributed by atoms with Crippen molar-refractivity contribution in [1.82, 2.24) is 0 Å². The van der Waals surface area contributed by atoms with E-state index in [9.17, 15) is 10.2 Å². The third-order valence-electron chi connectivity index (χ3n) is 5.77. The number of phenolic OH excluding ortho intramolecular Hbond substituents is 1. The predicted molar refractivity (Wildman–Crippen MR) is 127 cm³/mol. The minimum absolute atomic E-state index is 0.123. The number of hydrogen-bond donors (Lipinski definition) is 2. The van der Waals surface area contributed by atoms with Gasteiger partial charge in [0.25, 0.3) is 0 Å². The van der Waals surface area contributed by atoms with Crippen LogP contribution < -0.4 is 4.74 Å². The molecule has 0 aromatic heterocycles. The first-order valence-electron chi connectivity index (χ1n) is 11.7. The van der Waals surface area contributed by atoms with Gasteiger partial charge in [-0.3, -0.25) is 0 Å². The first-order chi connectivity index (χ1) is 14.9. The second-order valence-corrected chi connectivity index (χ2v) is 8.83. The Hall–Kier alpha value is -2.04. The molecule has 31 heavy (non-hydrogen) atoms. The highest BCUT2D eigenvalue weighted by molar-refractivity contribution is 5.49. The lowest BCUT2D eigenvalue weighted by Gasteiger charge is -2.28. The smallest absolute Gasteiger partial charge is 0.127 e. The highest BCUT2D eigenvalue weighted by atomic mass is 16.5. The molecule has 4 nitrogen and oxygen atoms in total. The predicted octanol–water partition coefficient (Wildman–Crippen LogP) is 6.23. The van der Waals surface area contributed by atoms with Gasteiger partial charge in [0, 0.05) is 23.7 Å². The fourth-order valence-electron chi connectivity index (χ4n) is 3.77. The summed E-state index contributed by atoms with van der Waals surface area (Å²) in [5.74, 6) is 0.729. The molecule has 4 heteroatoms. The molecular formula is C27H40O4. The van der Waals surface area contributed by atoms with Gasteiger partial charge in [-0.15, -0.1) is 0 Å². The Balaban J connectivity index is 1.81. The maximum absolute atomic E-state index is 10.3. The fraction of sp³-hybridized carbons (Fsp3) is 0.556. The van der Waals surface area contributed by atoms with Gasteiger partial charge in [0.2, 0.25) is 0 Å². The van der Waals surface area contributed by atoms with E-state index in [-0.39, 0.29) is 24.4 Å². The molecule has 2 N–H and O–H groups in total. The van der Waals surface area contributed by atoms with Crippen LogP contribution in [0.25, 0.3) is 0 Å². The molecule has 2 aromatic carbocycles. The average Bonchev–Trinajstić information content (AvgIpc) is 2.77. The van der Waals surface area contributed by atoms with Crippen molar-refractivity contribution < 1.29 is 19.7 Å². The molecule has 0 fully saturated rings. The van der Waals surface area contributed by atoms with Crippen LogP contribution in [0.15, 0.2) is 48.5 Å². The van der Waals surface area contributed by atoms with Crippen molar-refractivity contribution >= 4 is 0 Å². The van der Waals surface area contributed by atoms with Gasteiger partial charge in [-0.1, -0.05) is 95.7 Å². The number of unbranched alkanes of at least 4 members (excludes halogenated alkanes) is 6.